The summed E-state index contributed by atoms with van der Waals surface area (Å²) in [5.74, 6) is -1.46. The lowest BCUT2D eigenvalue weighted by Crippen LogP contribution is -2.44. The Morgan fingerprint density at radius 1 is 1.04 bits per heavy atom. The van der Waals surface area contributed by atoms with E-state index in [1.165, 1.54) is 5.32 Å². The molecule has 0 fully saturated rings. The number of rotatable bonds is 6. The number of carbonyl (C=O) groups is 3. The van der Waals surface area contributed by atoms with E-state index in [0.29, 0.717) is 5.75 Å². The van der Waals surface area contributed by atoms with Crippen LogP contribution in [-0.4, -0.2) is 43.8 Å². The highest BCUT2D eigenvalue weighted by molar-refractivity contribution is 5.95. The average Bonchev–Trinajstić information content (AvgIpc) is 2.55. The maximum Gasteiger partial charge on any atom is 0.405 e. The van der Waals surface area contributed by atoms with Gasteiger partial charge in [0.05, 0.1) is 0 Å². The predicted molar refractivity (Wildman–Crippen MR) is 89.2 cm³/mol. The highest BCUT2D eigenvalue weighted by atomic mass is 19.4. The Balaban J connectivity index is 2.40. The predicted octanol–water partition coefficient (Wildman–Crippen LogP) is 2.29. The molecule has 0 aromatic heterocycles. The molecule has 27 heavy (non-hydrogen) atoms. The lowest BCUT2D eigenvalue weighted by atomic mass is 9.86. The summed E-state index contributed by atoms with van der Waals surface area (Å²) in [5.41, 5.74) is 0.654. The van der Waals surface area contributed by atoms with Crippen LogP contribution in [0, 0.1) is 0 Å². The minimum absolute atomic E-state index is 0.218. The third-order valence-electron chi connectivity index (χ3n) is 3.11. The first kappa shape index (κ1) is 22.3. The molecule has 10 heteroatoms. The monoisotopic (exact) mass is 390 g/mol. The lowest BCUT2D eigenvalue weighted by Gasteiger charge is -2.22. The summed E-state index contributed by atoms with van der Waals surface area (Å²) in [4.78, 5) is 34.1. The van der Waals surface area contributed by atoms with Crippen molar-refractivity contribution in [3.05, 3.63) is 29.8 Å². The van der Waals surface area contributed by atoms with Crippen LogP contribution in [0.2, 0.25) is 0 Å². The molecular formula is C17H21F3N2O5. The molecule has 0 aliphatic heterocycles. The second-order valence-electron chi connectivity index (χ2n) is 6.54. The molecule has 0 spiro atoms. The zero-order valence-corrected chi connectivity index (χ0v) is 15.1. The molecular weight excluding hydrogens is 369 g/mol. The Kier molecular flexibility index (Phi) is 7.62. The van der Waals surface area contributed by atoms with Crippen LogP contribution in [0.25, 0.3) is 0 Å². The first-order valence-corrected chi connectivity index (χ1v) is 7.91. The fourth-order valence-corrected chi connectivity index (χ4v) is 1.92. The number of alkyl halides is 3. The topological polar surface area (TPSA) is 93.7 Å². The van der Waals surface area contributed by atoms with E-state index >= 15 is 0 Å². The van der Waals surface area contributed by atoms with Crippen molar-refractivity contribution in [1.82, 2.24) is 10.6 Å². The lowest BCUT2D eigenvalue weighted by molar-refractivity contribution is -0.150. The molecule has 1 rings (SSSR count). The zero-order valence-electron chi connectivity index (χ0n) is 15.1. The number of imide groups is 1. The summed E-state index contributed by atoms with van der Waals surface area (Å²) >= 11 is 0. The van der Waals surface area contributed by atoms with E-state index < -0.39 is 43.8 Å². The zero-order chi connectivity index (χ0) is 20.7. The van der Waals surface area contributed by atoms with Crippen LogP contribution in [0.5, 0.6) is 5.75 Å². The van der Waals surface area contributed by atoms with Gasteiger partial charge < -0.3 is 14.8 Å². The molecule has 0 heterocycles. The number of nitrogens with one attached hydrogen (secondary N) is 2. The fourth-order valence-electron chi connectivity index (χ4n) is 1.92. The second-order valence-corrected chi connectivity index (χ2v) is 6.54. The van der Waals surface area contributed by atoms with Crippen LogP contribution in [0.1, 0.15) is 26.3 Å². The van der Waals surface area contributed by atoms with Gasteiger partial charge in [-0.1, -0.05) is 39.0 Å². The van der Waals surface area contributed by atoms with Crippen molar-refractivity contribution in [3.8, 4) is 5.75 Å². The van der Waals surface area contributed by atoms with Crippen molar-refractivity contribution in [2.45, 2.75) is 32.4 Å². The van der Waals surface area contributed by atoms with Crippen molar-refractivity contribution < 1.29 is 37.0 Å². The highest BCUT2D eigenvalue weighted by Gasteiger charge is 2.28. The smallest absolute Gasteiger partial charge is 0.405 e. The number of esters is 1. The molecule has 0 saturated heterocycles. The van der Waals surface area contributed by atoms with E-state index in [9.17, 15) is 27.6 Å². The fraction of sp³-hybridized carbons (Fsp3) is 0.471. The molecule has 0 unspecified atom stereocenters. The molecule has 0 aliphatic rings. The molecule has 1 aromatic rings. The van der Waals surface area contributed by atoms with Crippen molar-refractivity contribution in [1.29, 1.82) is 0 Å². The first-order valence-electron chi connectivity index (χ1n) is 7.91. The summed E-state index contributed by atoms with van der Waals surface area (Å²) in [5, 5.41) is 3.05. The van der Waals surface area contributed by atoms with Crippen LogP contribution >= 0.6 is 0 Å². The number of urea groups is 1. The van der Waals surface area contributed by atoms with E-state index in [2.05, 4.69) is 4.74 Å². The molecule has 1 aromatic carbocycles. The standard InChI is InChI=1S/C17H21F3N2O5/c1-16(2,3)11-6-4-5-7-12(11)26-9-14(24)27-8-13(23)22-15(25)21-10-17(18,19)20/h4-7H,8-10H2,1-3H3,(H2,21,22,23,25). The minimum Gasteiger partial charge on any atom is -0.482 e. The SMILES string of the molecule is CC(C)(C)c1ccccc1OCC(=O)OCC(=O)NC(=O)NCC(F)(F)F. The van der Waals surface area contributed by atoms with Gasteiger partial charge in [0.15, 0.2) is 13.2 Å². The molecule has 150 valence electrons. The van der Waals surface area contributed by atoms with Crippen molar-refractivity contribution >= 4 is 17.9 Å². The van der Waals surface area contributed by atoms with E-state index in [1.807, 2.05) is 32.9 Å². The average molecular weight is 390 g/mol. The number of amides is 3. The number of hydrogen-bond donors (Lipinski definition) is 2. The maximum absolute atomic E-state index is 11.9. The van der Waals surface area contributed by atoms with Crippen molar-refractivity contribution in [3.63, 3.8) is 0 Å². The van der Waals surface area contributed by atoms with E-state index in [-0.39, 0.29) is 5.41 Å². The van der Waals surface area contributed by atoms with Gasteiger partial charge in [-0.15, -0.1) is 0 Å². The molecule has 0 bridgehead atoms. The van der Waals surface area contributed by atoms with Gasteiger partial charge in [0.25, 0.3) is 5.91 Å². The van der Waals surface area contributed by atoms with Crippen LogP contribution < -0.4 is 15.4 Å². The Hall–Kier alpha value is -2.78. The van der Waals surface area contributed by atoms with Crippen molar-refractivity contribution in [2.24, 2.45) is 0 Å². The number of para-hydroxylation sites is 1. The van der Waals surface area contributed by atoms with E-state index in [0.717, 1.165) is 5.56 Å². The maximum atomic E-state index is 11.9. The second kappa shape index (κ2) is 9.24. The van der Waals surface area contributed by atoms with Gasteiger partial charge in [0.1, 0.15) is 12.3 Å². The van der Waals surface area contributed by atoms with Crippen molar-refractivity contribution in [2.75, 3.05) is 19.8 Å². The number of carbonyl (C=O) groups excluding carboxylic acids is 3. The van der Waals surface area contributed by atoms with Crippen LogP contribution in [-0.2, 0) is 19.7 Å². The Labute approximate surface area is 154 Å². The summed E-state index contributed by atoms with van der Waals surface area (Å²) < 4.78 is 45.8. The summed E-state index contributed by atoms with van der Waals surface area (Å²) in [7, 11) is 0. The summed E-state index contributed by atoms with van der Waals surface area (Å²) in [6.45, 7) is 3.03. The van der Waals surface area contributed by atoms with Crippen LogP contribution in [0.15, 0.2) is 24.3 Å². The van der Waals surface area contributed by atoms with Crippen LogP contribution in [0.4, 0.5) is 18.0 Å². The Morgan fingerprint density at radius 3 is 2.26 bits per heavy atom. The number of hydrogen-bond acceptors (Lipinski definition) is 5. The molecule has 0 aliphatic carbocycles. The first-order chi connectivity index (χ1) is 12.4. The van der Waals surface area contributed by atoms with E-state index in [4.69, 9.17) is 4.74 Å². The number of ether oxygens (including phenoxy) is 2. The van der Waals surface area contributed by atoms with Gasteiger partial charge in [-0.3, -0.25) is 10.1 Å². The molecule has 2 N–H and O–H groups in total. The quantitative estimate of drug-likeness (QED) is 0.727. The summed E-state index contributed by atoms with van der Waals surface area (Å²) in [6.07, 6.45) is -4.60. The van der Waals surface area contributed by atoms with Gasteiger partial charge >= 0.3 is 18.2 Å². The van der Waals surface area contributed by atoms with Gasteiger partial charge in [0, 0.05) is 0 Å². The highest BCUT2D eigenvalue weighted by Crippen LogP contribution is 2.30. The third-order valence-corrected chi connectivity index (χ3v) is 3.11. The summed E-state index contributed by atoms with van der Waals surface area (Å²) in [6, 6.07) is 5.77. The number of halogens is 3. The Bertz CT molecular complexity index is 684. The third kappa shape index (κ3) is 8.93. The van der Waals surface area contributed by atoms with Crippen LogP contribution in [0.3, 0.4) is 0 Å². The largest absolute Gasteiger partial charge is 0.482 e. The van der Waals surface area contributed by atoms with Gasteiger partial charge in [-0.05, 0) is 17.0 Å². The molecule has 7 nitrogen and oxygen atoms in total. The molecule has 0 atom stereocenters. The van der Waals surface area contributed by atoms with Gasteiger partial charge in [-0.25, -0.2) is 9.59 Å². The molecule has 3 amide bonds. The van der Waals surface area contributed by atoms with Gasteiger partial charge in [0.2, 0.25) is 0 Å². The Morgan fingerprint density at radius 2 is 1.67 bits per heavy atom. The van der Waals surface area contributed by atoms with E-state index in [1.54, 1.807) is 17.4 Å². The molecule has 0 saturated carbocycles. The molecule has 0 radical (unpaired) electrons. The normalized spacial score (nSPS) is 11.5. The number of benzene rings is 1. The van der Waals surface area contributed by atoms with Gasteiger partial charge in [-0.2, -0.15) is 13.2 Å². The minimum atomic E-state index is -4.60.